The van der Waals surface area contributed by atoms with Crippen LogP contribution in [0.2, 0.25) is 0 Å². The lowest BCUT2D eigenvalue weighted by molar-refractivity contribution is 0.198. The molecule has 0 saturated heterocycles. The number of hydrogen-bond donors (Lipinski definition) is 2. The van der Waals surface area contributed by atoms with E-state index in [1.807, 2.05) is 74.5 Å². The lowest BCUT2D eigenvalue weighted by atomic mass is 10.2. The van der Waals surface area contributed by atoms with E-state index in [1.54, 1.807) is 7.11 Å². The van der Waals surface area contributed by atoms with Crippen molar-refractivity contribution in [3.8, 4) is 17.1 Å². The maximum Gasteiger partial charge on any atom is 0.163 e. The number of aromatic nitrogens is 2. The Labute approximate surface area is 172 Å². The first-order valence-electron chi connectivity index (χ1n) is 9.85. The second kappa shape index (κ2) is 10.4. The first-order valence-corrected chi connectivity index (χ1v) is 9.85. The Bertz CT molecular complexity index is 883. The summed E-state index contributed by atoms with van der Waals surface area (Å²) >= 11 is 0. The number of hydrogen-bond acceptors (Lipinski definition) is 6. The predicted molar refractivity (Wildman–Crippen MR) is 118 cm³/mol. The Balaban J connectivity index is 1.80. The number of nitrogens with one attached hydrogen (secondary N) is 2. The van der Waals surface area contributed by atoms with E-state index in [9.17, 15) is 0 Å². The highest BCUT2D eigenvalue weighted by Gasteiger charge is 2.08. The quantitative estimate of drug-likeness (QED) is 0.467. The molecule has 0 bridgehead atoms. The fourth-order valence-corrected chi connectivity index (χ4v) is 2.79. The van der Waals surface area contributed by atoms with Gasteiger partial charge in [0.25, 0.3) is 0 Å². The molecule has 0 fully saturated rings. The highest BCUT2D eigenvalue weighted by Crippen LogP contribution is 2.24. The standard InChI is InChI=1S/C23H28N4O2/c1-17(2)29-20-12-10-19(11-13-20)25-22-16-21(24-14-7-15-28-3)26-23(27-22)18-8-5-4-6-9-18/h4-6,8-13,16-17H,7,14-15H2,1-3H3,(H2,24,25,26,27). The molecule has 0 atom stereocenters. The number of rotatable bonds is 10. The van der Waals surface area contributed by atoms with Gasteiger partial charge in [-0.05, 0) is 44.5 Å². The Morgan fingerprint density at radius 2 is 1.66 bits per heavy atom. The summed E-state index contributed by atoms with van der Waals surface area (Å²) in [6, 6.07) is 19.7. The molecule has 0 unspecified atom stereocenters. The van der Waals surface area contributed by atoms with Gasteiger partial charge in [0.15, 0.2) is 5.82 Å². The van der Waals surface area contributed by atoms with Gasteiger partial charge in [-0.2, -0.15) is 0 Å². The van der Waals surface area contributed by atoms with Gasteiger partial charge in [0.1, 0.15) is 17.4 Å². The minimum absolute atomic E-state index is 0.149. The van der Waals surface area contributed by atoms with Crippen LogP contribution in [0.4, 0.5) is 17.3 Å². The molecule has 6 heteroatoms. The smallest absolute Gasteiger partial charge is 0.163 e. The summed E-state index contributed by atoms with van der Waals surface area (Å²) in [5.41, 5.74) is 1.90. The van der Waals surface area contributed by atoms with Crippen molar-refractivity contribution in [1.29, 1.82) is 0 Å². The second-order valence-corrected chi connectivity index (χ2v) is 6.92. The number of nitrogens with zero attached hydrogens (tertiary/aromatic N) is 2. The number of benzene rings is 2. The van der Waals surface area contributed by atoms with E-state index in [1.165, 1.54) is 0 Å². The van der Waals surface area contributed by atoms with Crippen LogP contribution in [0, 0.1) is 0 Å². The molecule has 2 aromatic carbocycles. The largest absolute Gasteiger partial charge is 0.491 e. The normalized spacial score (nSPS) is 10.8. The lowest BCUT2D eigenvalue weighted by Gasteiger charge is -2.13. The zero-order valence-electron chi connectivity index (χ0n) is 17.2. The summed E-state index contributed by atoms with van der Waals surface area (Å²) in [6.07, 6.45) is 1.05. The highest BCUT2D eigenvalue weighted by atomic mass is 16.5. The van der Waals surface area contributed by atoms with Crippen molar-refractivity contribution in [2.24, 2.45) is 0 Å². The molecule has 0 saturated carbocycles. The van der Waals surface area contributed by atoms with Crippen LogP contribution >= 0.6 is 0 Å². The molecule has 0 amide bonds. The lowest BCUT2D eigenvalue weighted by Crippen LogP contribution is -2.08. The van der Waals surface area contributed by atoms with Gasteiger partial charge in [-0.25, -0.2) is 9.97 Å². The Morgan fingerprint density at radius 3 is 2.34 bits per heavy atom. The fourth-order valence-electron chi connectivity index (χ4n) is 2.79. The first-order chi connectivity index (χ1) is 14.1. The van der Waals surface area contributed by atoms with Crippen molar-refractivity contribution in [3.63, 3.8) is 0 Å². The van der Waals surface area contributed by atoms with Crippen LogP contribution < -0.4 is 15.4 Å². The molecule has 0 aliphatic rings. The monoisotopic (exact) mass is 392 g/mol. The summed E-state index contributed by atoms with van der Waals surface area (Å²) in [4.78, 5) is 9.36. The predicted octanol–water partition coefficient (Wildman–Crippen LogP) is 5.12. The van der Waals surface area contributed by atoms with E-state index in [4.69, 9.17) is 14.5 Å². The zero-order valence-corrected chi connectivity index (χ0v) is 17.2. The van der Waals surface area contributed by atoms with Crippen LogP contribution in [-0.2, 0) is 4.74 Å². The highest BCUT2D eigenvalue weighted by molar-refractivity contribution is 5.65. The van der Waals surface area contributed by atoms with Crippen LogP contribution in [0.15, 0.2) is 60.7 Å². The Hall–Kier alpha value is -3.12. The summed E-state index contributed by atoms with van der Waals surface area (Å²) in [7, 11) is 1.71. The van der Waals surface area contributed by atoms with Crippen molar-refractivity contribution in [2.75, 3.05) is 30.9 Å². The van der Waals surface area contributed by atoms with Gasteiger partial charge in [-0.15, -0.1) is 0 Å². The molecule has 1 aromatic heterocycles. The topological polar surface area (TPSA) is 68.3 Å². The van der Waals surface area contributed by atoms with Crippen LogP contribution in [0.1, 0.15) is 20.3 Å². The first kappa shape index (κ1) is 20.6. The summed E-state index contributed by atoms with van der Waals surface area (Å²) < 4.78 is 10.8. The van der Waals surface area contributed by atoms with Crippen molar-refractivity contribution in [1.82, 2.24) is 9.97 Å². The minimum Gasteiger partial charge on any atom is -0.491 e. The SMILES string of the molecule is COCCCNc1cc(Nc2ccc(OC(C)C)cc2)nc(-c2ccccc2)n1. The second-order valence-electron chi connectivity index (χ2n) is 6.92. The molecule has 3 rings (SSSR count). The fraction of sp³-hybridized carbons (Fsp3) is 0.304. The summed E-state index contributed by atoms with van der Waals surface area (Å²) in [5.74, 6) is 3.02. The number of methoxy groups -OCH3 is 1. The van der Waals surface area contributed by atoms with E-state index in [0.29, 0.717) is 12.4 Å². The maximum absolute atomic E-state index is 5.71. The van der Waals surface area contributed by atoms with Crippen molar-refractivity contribution in [3.05, 3.63) is 60.7 Å². The molecular formula is C23H28N4O2. The molecule has 1 heterocycles. The Morgan fingerprint density at radius 1 is 0.931 bits per heavy atom. The summed E-state index contributed by atoms with van der Waals surface area (Å²) in [6.45, 7) is 5.51. The molecule has 29 heavy (non-hydrogen) atoms. The molecular weight excluding hydrogens is 364 g/mol. The molecule has 152 valence electrons. The van der Waals surface area contributed by atoms with Gasteiger partial charge in [-0.1, -0.05) is 30.3 Å². The third kappa shape index (κ3) is 6.47. The Kier molecular flexibility index (Phi) is 7.41. The van der Waals surface area contributed by atoms with E-state index in [0.717, 1.165) is 41.6 Å². The van der Waals surface area contributed by atoms with E-state index in [-0.39, 0.29) is 6.10 Å². The van der Waals surface area contributed by atoms with Crippen LogP contribution in [0.25, 0.3) is 11.4 Å². The average molecular weight is 393 g/mol. The van der Waals surface area contributed by atoms with Crippen LogP contribution in [0.3, 0.4) is 0 Å². The number of anilines is 3. The van der Waals surface area contributed by atoms with Crippen LogP contribution in [0.5, 0.6) is 5.75 Å². The van der Waals surface area contributed by atoms with Crippen LogP contribution in [-0.4, -0.2) is 36.3 Å². The molecule has 2 N–H and O–H groups in total. The van der Waals surface area contributed by atoms with Crippen molar-refractivity contribution >= 4 is 17.3 Å². The summed E-state index contributed by atoms with van der Waals surface area (Å²) in [5, 5.41) is 6.72. The van der Waals surface area contributed by atoms with Gasteiger partial charge in [0.05, 0.1) is 6.10 Å². The third-order valence-electron chi connectivity index (χ3n) is 4.09. The average Bonchev–Trinajstić information content (AvgIpc) is 2.73. The minimum atomic E-state index is 0.149. The molecule has 3 aromatic rings. The van der Waals surface area contributed by atoms with Crippen molar-refractivity contribution < 1.29 is 9.47 Å². The molecule has 0 spiro atoms. The van der Waals surface area contributed by atoms with Gasteiger partial charge >= 0.3 is 0 Å². The van der Waals surface area contributed by atoms with Gasteiger partial charge in [0.2, 0.25) is 0 Å². The molecule has 0 aliphatic carbocycles. The van der Waals surface area contributed by atoms with Crippen molar-refractivity contribution in [2.45, 2.75) is 26.4 Å². The molecule has 0 radical (unpaired) electrons. The third-order valence-corrected chi connectivity index (χ3v) is 4.09. The van der Waals surface area contributed by atoms with E-state index in [2.05, 4.69) is 15.6 Å². The van der Waals surface area contributed by atoms with Gasteiger partial charge < -0.3 is 20.1 Å². The van der Waals surface area contributed by atoms with Gasteiger partial charge in [0, 0.05) is 37.6 Å². The number of ether oxygens (including phenoxy) is 2. The van der Waals surface area contributed by atoms with E-state index >= 15 is 0 Å². The molecule has 0 aliphatic heterocycles. The van der Waals surface area contributed by atoms with E-state index < -0.39 is 0 Å². The maximum atomic E-state index is 5.71. The van der Waals surface area contributed by atoms with Gasteiger partial charge in [-0.3, -0.25) is 0 Å². The molecule has 6 nitrogen and oxygen atoms in total. The zero-order chi connectivity index (χ0) is 20.5.